The number of anilines is 2. The van der Waals surface area contributed by atoms with Gasteiger partial charge in [0.1, 0.15) is 5.75 Å². The Hall–Kier alpha value is -2.34. The van der Waals surface area contributed by atoms with E-state index in [1.54, 1.807) is 24.1 Å². The first-order valence-electron chi connectivity index (χ1n) is 6.28. The molecule has 6 nitrogen and oxygen atoms in total. The molecular formula is C14H14ClN3O3. The second-order valence-corrected chi connectivity index (χ2v) is 4.63. The largest absolute Gasteiger partial charge is 0.497 e. The Bertz CT molecular complexity index is 646. The molecule has 0 amide bonds. The fourth-order valence-corrected chi connectivity index (χ4v) is 2.13. The standard InChI is InChI=1S/C14H14ClN3O3/c1-3-17(11-4-6-12(21-2)7-5-11)14-13(18(19)20)8-10(15)9-16-14/h4-9H,3H2,1-2H3. The lowest BCUT2D eigenvalue weighted by molar-refractivity contribution is -0.384. The molecule has 0 bridgehead atoms. The first-order valence-corrected chi connectivity index (χ1v) is 6.66. The van der Waals surface area contributed by atoms with E-state index in [2.05, 4.69) is 4.98 Å². The summed E-state index contributed by atoms with van der Waals surface area (Å²) in [5.41, 5.74) is 0.663. The van der Waals surface area contributed by atoms with Gasteiger partial charge in [-0.25, -0.2) is 4.98 Å². The van der Waals surface area contributed by atoms with Gasteiger partial charge in [0.2, 0.25) is 5.82 Å². The van der Waals surface area contributed by atoms with Crippen molar-refractivity contribution in [3.05, 3.63) is 51.7 Å². The third-order valence-corrected chi connectivity index (χ3v) is 3.17. The summed E-state index contributed by atoms with van der Waals surface area (Å²) in [5.74, 6) is 0.977. The zero-order valence-corrected chi connectivity index (χ0v) is 12.4. The van der Waals surface area contributed by atoms with Crippen molar-refractivity contribution in [3.8, 4) is 5.75 Å². The van der Waals surface area contributed by atoms with E-state index in [1.807, 2.05) is 19.1 Å². The number of methoxy groups -OCH3 is 1. The molecule has 7 heteroatoms. The summed E-state index contributed by atoms with van der Waals surface area (Å²) in [4.78, 5) is 16.6. The molecule has 0 aliphatic carbocycles. The maximum atomic E-state index is 11.2. The molecule has 0 N–H and O–H groups in total. The van der Waals surface area contributed by atoms with E-state index in [9.17, 15) is 10.1 Å². The first-order chi connectivity index (χ1) is 10.1. The Labute approximate surface area is 127 Å². The van der Waals surface area contributed by atoms with Crippen molar-refractivity contribution in [2.24, 2.45) is 0 Å². The summed E-state index contributed by atoms with van der Waals surface area (Å²) in [6.07, 6.45) is 1.40. The number of hydrogen-bond acceptors (Lipinski definition) is 5. The molecule has 0 aliphatic rings. The number of benzene rings is 1. The second kappa shape index (κ2) is 6.41. The number of hydrogen-bond donors (Lipinski definition) is 0. The summed E-state index contributed by atoms with van der Waals surface area (Å²) in [6, 6.07) is 8.53. The summed E-state index contributed by atoms with van der Waals surface area (Å²) in [6.45, 7) is 2.42. The highest BCUT2D eigenvalue weighted by Crippen LogP contribution is 2.33. The minimum Gasteiger partial charge on any atom is -0.497 e. The number of nitrogens with zero attached hydrogens (tertiary/aromatic N) is 3. The molecule has 0 saturated carbocycles. The third-order valence-electron chi connectivity index (χ3n) is 2.97. The van der Waals surface area contributed by atoms with Gasteiger partial charge in [-0.2, -0.15) is 0 Å². The van der Waals surface area contributed by atoms with Crippen LogP contribution in [0.4, 0.5) is 17.2 Å². The Morgan fingerprint density at radius 3 is 2.57 bits per heavy atom. The van der Waals surface area contributed by atoms with Gasteiger partial charge < -0.3 is 9.64 Å². The Kier molecular flexibility index (Phi) is 4.59. The third kappa shape index (κ3) is 3.22. The van der Waals surface area contributed by atoms with Gasteiger partial charge in [0.15, 0.2) is 0 Å². The van der Waals surface area contributed by atoms with Crippen LogP contribution in [0.25, 0.3) is 0 Å². The molecule has 0 spiro atoms. The number of pyridine rings is 1. The Balaban J connectivity index is 2.47. The van der Waals surface area contributed by atoms with Crippen molar-refractivity contribution in [2.45, 2.75) is 6.92 Å². The molecule has 2 aromatic rings. The van der Waals surface area contributed by atoms with Gasteiger partial charge in [-0.1, -0.05) is 11.6 Å². The van der Waals surface area contributed by atoms with Crippen LogP contribution in [0.5, 0.6) is 5.75 Å². The smallest absolute Gasteiger partial charge is 0.313 e. The fraction of sp³-hybridized carbons (Fsp3) is 0.214. The van der Waals surface area contributed by atoms with E-state index in [1.165, 1.54) is 12.3 Å². The lowest BCUT2D eigenvalue weighted by atomic mass is 10.2. The molecule has 1 heterocycles. The summed E-state index contributed by atoms with van der Waals surface area (Å²) in [5, 5.41) is 11.4. The van der Waals surface area contributed by atoms with Crippen molar-refractivity contribution in [1.82, 2.24) is 4.98 Å². The van der Waals surface area contributed by atoms with Crippen molar-refractivity contribution < 1.29 is 9.66 Å². The van der Waals surface area contributed by atoms with Crippen LogP contribution in [0.2, 0.25) is 5.02 Å². The number of nitro groups is 1. The summed E-state index contributed by atoms with van der Waals surface area (Å²) >= 11 is 5.79. The maximum absolute atomic E-state index is 11.2. The van der Waals surface area contributed by atoms with Crippen LogP contribution < -0.4 is 9.64 Å². The van der Waals surface area contributed by atoms with Crippen molar-refractivity contribution >= 4 is 28.8 Å². The van der Waals surface area contributed by atoms with E-state index in [0.29, 0.717) is 12.3 Å². The lowest BCUT2D eigenvalue weighted by Crippen LogP contribution is -2.18. The predicted octanol–water partition coefficient (Wildman–Crippen LogP) is 3.81. The fourth-order valence-electron chi connectivity index (χ4n) is 1.98. The molecular weight excluding hydrogens is 294 g/mol. The SMILES string of the molecule is CCN(c1ccc(OC)cc1)c1ncc(Cl)cc1[N+](=O)[O-]. The summed E-state index contributed by atoms with van der Waals surface area (Å²) < 4.78 is 5.11. The molecule has 0 unspecified atom stereocenters. The molecule has 0 atom stereocenters. The molecule has 0 aliphatic heterocycles. The first kappa shape index (κ1) is 15.1. The molecule has 1 aromatic heterocycles. The van der Waals surface area contributed by atoms with Crippen LogP contribution in [0, 0.1) is 10.1 Å². The number of halogens is 1. The van der Waals surface area contributed by atoms with Gasteiger partial charge >= 0.3 is 5.69 Å². The summed E-state index contributed by atoms with van der Waals surface area (Å²) in [7, 11) is 1.58. The van der Waals surface area contributed by atoms with E-state index >= 15 is 0 Å². The minimum atomic E-state index is -0.486. The lowest BCUT2D eigenvalue weighted by Gasteiger charge is -2.22. The van der Waals surface area contributed by atoms with Crippen LogP contribution in [-0.2, 0) is 0 Å². The number of rotatable bonds is 5. The molecule has 110 valence electrons. The monoisotopic (exact) mass is 307 g/mol. The van der Waals surface area contributed by atoms with Crippen LogP contribution in [-0.4, -0.2) is 23.6 Å². The van der Waals surface area contributed by atoms with Gasteiger partial charge in [0.25, 0.3) is 0 Å². The maximum Gasteiger partial charge on any atom is 0.313 e. The zero-order chi connectivity index (χ0) is 15.4. The molecule has 2 rings (SSSR count). The highest BCUT2D eigenvalue weighted by molar-refractivity contribution is 6.30. The molecule has 21 heavy (non-hydrogen) atoms. The number of ether oxygens (including phenoxy) is 1. The molecule has 1 aromatic carbocycles. The van der Waals surface area contributed by atoms with Crippen molar-refractivity contribution in [3.63, 3.8) is 0 Å². The van der Waals surface area contributed by atoms with E-state index in [0.717, 1.165) is 5.69 Å². The molecule has 0 fully saturated rings. The zero-order valence-electron chi connectivity index (χ0n) is 11.6. The van der Waals surface area contributed by atoms with Gasteiger partial charge in [0.05, 0.1) is 17.1 Å². The molecule has 0 saturated heterocycles. The van der Waals surface area contributed by atoms with Crippen molar-refractivity contribution in [2.75, 3.05) is 18.6 Å². The van der Waals surface area contributed by atoms with E-state index in [4.69, 9.17) is 16.3 Å². The average molecular weight is 308 g/mol. The van der Waals surface area contributed by atoms with Crippen LogP contribution in [0.15, 0.2) is 36.5 Å². The van der Waals surface area contributed by atoms with Crippen molar-refractivity contribution in [1.29, 1.82) is 0 Å². The Morgan fingerprint density at radius 2 is 2.05 bits per heavy atom. The normalized spacial score (nSPS) is 10.2. The van der Waals surface area contributed by atoms with Gasteiger partial charge in [-0.05, 0) is 31.2 Å². The highest BCUT2D eigenvalue weighted by Gasteiger charge is 2.22. The second-order valence-electron chi connectivity index (χ2n) is 4.20. The van der Waals surface area contributed by atoms with E-state index in [-0.39, 0.29) is 16.5 Å². The van der Waals surface area contributed by atoms with Crippen LogP contribution in [0.1, 0.15) is 6.92 Å². The van der Waals surface area contributed by atoms with Gasteiger partial charge in [-0.3, -0.25) is 10.1 Å². The van der Waals surface area contributed by atoms with Crippen LogP contribution in [0.3, 0.4) is 0 Å². The highest BCUT2D eigenvalue weighted by atomic mass is 35.5. The molecule has 0 radical (unpaired) electrons. The average Bonchev–Trinajstić information content (AvgIpc) is 2.50. The van der Waals surface area contributed by atoms with Gasteiger partial charge in [0, 0.05) is 24.5 Å². The minimum absolute atomic E-state index is 0.125. The quantitative estimate of drug-likeness (QED) is 0.620. The van der Waals surface area contributed by atoms with Gasteiger partial charge in [-0.15, -0.1) is 0 Å². The number of aromatic nitrogens is 1. The topological polar surface area (TPSA) is 68.5 Å². The predicted molar refractivity (Wildman–Crippen MR) is 81.6 cm³/mol. The van der Waals surface area contributed by atoms with Crippen LogP contribution >= 0.6 is 11.6 Å². The Morgan fingerprint density at radius 1 is 1.38 bits per heavy atom. The van der Waals surface area contributed by atoms with E-state index < -0.39 is 4.92 Å².